The molecule has 0 atom stereocenters. The van der Waals surface area contributed by atoms with Crippen molar-refractivity contribution in [1.82, 2.24) is 9.97 Å². The molecule has 1 aromatic heterocycles. The molecule has 0 aliphatic rings. The molecular formula is C14H16ClN3O. The van der Waals surface area contributed by atoms with Gasteiger partial charge in [-0.25, -0.2) is 4.98 Å². The number of benzene rings is 1. The highest BCUT2D eigenvalue weighted by Gasteiger charge is 2.05. The van der Waals surface area contributed by atoms with Gasteiger partial charge < -0.3 is 10.1 Å². The molecule has 1 aromatic carbocycles. The van der Waals surface area contributed by atoms with E-state index >= 15 is 0 Å². The largest absolute Gasteiger partial charge is 0.439 e. The minimum Gasteiger partial charge on any atom is -0.439 e. The fourth-order valence-electron chi connectivity index (χ4n) is 1.73. The van der Waals surface area contributed by atoms with Gasteiger partial charge in [0.05, 0.1) is 0 Å². The molecule has 0 saturated heterocycles. The molecule has 0 fully saturated rings. The highest BCUT2D eigenvalue weighted by atomic mass is 35.5. The zero-order valence-corrected chi connectivity index (χ0v) is 12.0. The molecule has 1 N–H and O–H groups in total. The topological polar surface area (TPSA) is 47.0 Å². The van der Waals surface area contributed by atoms with Crippen LogP contribution in [0, 0.1) is 6.92 Å². The Morgan fingerprint density at radius 3 is 2.74 bits per heavy atom. The normalized spacial score (nSPS) is 10.3. The molecular weight excluding hydrogens is 262 g/mol. The van der Waals surface area contributed by atoms with Gasteiger partial charge in [0, 0.05) is 18.1 Å². The second-order valence-electron chi connectivity index (χ2n) is 4.10. The fourth-order valence-corrected chi connectivity index (χ4v) is 1.98. The van der Waals surface area contributed by atoms with Gasteiger partial charge in [0.2, 0.25) is 5.88 Å². The number of rotatable bonds is 4. The summed E-state index contributed by atoms with van der Waals surface area (Å²) in [6, 6.07) is 7.35. The van der Waals surface area contributed by atoms with Gasteiger partial charge in [0.15, 0.2) is 0 Å². The summed E-state index contributed by atoms with van der Waals surface area (Å²) < 4.78 is 5.75. The Bertz CT molecular complexity index is 587. The standard InChI is InChI=1S/C14H16ClN3O/c1-4-10-7-11(5-6-12(10)15)19-14-8-13(16-3)17-9(2)18-14/h5-8H,4H2,1-3H3,(H,16,17,18). The number of nitrogens with zero attached hydrogens (tertiary/aromatic N) is 2. The van der Waals surface area contributed by atoms with E-state index < -0.39 is 0 Å². The quantitative estimate of drug-likeness (QED) is 0.922. The van der Waals surface area contributed by atoms with Gasteiger partial charge in [-0.1, -0.05) is 18.5 Å². The number of hydrogen-bond acceptors (Lipinski definition) is 4. The van der Waals surface area contributed by atoms with Gasteiger partial charge in [-0.15, -0.1) is 0 Å². The van der Waals surface area contributed by atoms with Crippen LogP contribution < -0.4 is 10.1 Å². The zero-order chi connectivity index (χ0) is 13.8. The van der Waals surface area contributed by atoms with Gasteiger partial charge in [-0.3, -0.25) is 0 Å². The number of aromatic nitrogens is 2. The fraction of sp³-hybridized carbons (Fsp3) is 0.286. The number of nitrogens with one attached hydrogen (secondary N) is 1. The first-order chi connectivity index (χ1) is 9.12. The Labute approximate surface area is 117 Å². The third-order valence-electron chi connectivity index (χ3n) is 2.69. The summed E-state index contributed by atoms with van der Waals surface area (Å²) in [7, 11) is 1.81. The molecule has 1 heterocycles. The SMILES string of the molecule is CCc1cc(Oc2cc(NC)nc(C)n2)ccc1Cl. The van der Waals surface area contributed by atoms with Crippen molar-refractivity contribution in [2.75, 3.05) is 12.4 Å². The third-order valence-corrected chi connectivity index (χ3v) is 3.06. The maximum Gasteiger partial charge on any atom is 0.224 e. The second kappa shape index (κ2) is 5.89. The Kier molecular flexibility index (Phi) is 4.22. The molecule has 0 aliphatic carbocycles. The van der Waals surface area contributed by atoms with Gasteiger partial charge >= 0.3 is 0 Å². The monoisotopic (exact) mass is 277 g/mol. The minimum atomic E-state index is 0.515. The highest BCUT2D eigenvalue weighted by Crippen LogP contribution is 2.26. The van der Waals surface area contributed by atoms with E-state index in [0.717, 1.165) is 28.6 Å². The van der Waals surface area contributed by atoms with E-state index in [0.29, 0.717) is 11.7 Å². The van der Waals surface area contributed by atoms with Crippen molar-refractivity contribution in [1.29, 1.82) is 0 Å². The van der Waals surface area contributed by atoms with Crippen LogP contribution in [0.25, 0.3) is 0 Å². The van der Waals surface area contributed by atoms with Crippen molar-refractivity contribution in [3.63, 3.8) is 0 Å². The first-order valence-corrected chi connectivity index (χ1v) is 6.50. The summed E-state index contributed by atoms with van der Waals surface area (Å²) in [4.78, 5) is 8.47. The summed E-state index contributed by atoms with van der Waals surface area (Å²) in [5.74, 6) is 2.63. The average Bonchev–Trinajstić information content (AvgIpc) is 2.40. The molecule has 5 heteroatoms. The zero-order valence-electron chi connectivity index (χ0n) is 11.2. The lowest BCUT2D eigenvalue weighted by molar-refractivity contribution is 0.459. The molecule has 0 bridgehead atoms. The van der Waals surface area contributed by atoms with Gasteiger partial charge in [-0.05, 0) is 37.1 Å². The lowest BCUT2D eigenvalue weighted by Crippen LogP contribution is -1.98. The molecule has 2 rings (SSSR count). The predicted octanol–water partition coefficient (Wildman–Crippen LogP) is 3.83. The first kappa shape index (κ1) is 13.6. The third kappa shape index (κ3) is 3.35. The van der Waals surface area contributed by atoms with Crippen molar-refractivity contribution in [3.8, 4) is 11.6 Å². The van der Waals surface area contributed by atoms with Gasteiger partial charge in [0.1, 0.15) is 17.4 Å². The molecule has 2 aromatic rings. The Morgan fingerprint density at radius 1 is 1.26 bits per heavy atom. The van der Waals surface area contributed by atoms with E-state index in [4.69, 9.17) is 16.3 Å². The maximum atomic E-state index is 6.08. The number of hydrogen-bond donors (Lipinski definition) is 1. The van der Waals surface area contributed by atoms with E-state index in [1.165, 1.54) is 0 Å². The van der Waals surface area contributed by atoms with Crippen LogP contribution in [0.15, 0.2) is 24.3 Å². The van der Waals surface area contributed by atoms with E-state index in [9.17, 15) is 0 Å². The van der Waals surface area contributed by atoms with E-state index in [-0.39, 0.29) is 0 Å². The molecule has 100 valence electrons. The molecule has 19 heavy (non-hydrogen) atoms. The smallest absolute Gasteiger partial charge is 0.224 e. The van der Waals surface area contributed by atoms with Crippen molar-refractivity contribution in [2.24, 2.45) is 0 Å². The number of halogens is 1. The van der Waals surface area contributed by atoms with Crippen LogP contribution in [-0.4, -0.2) is 17.0 Å². The summed E-state index contributed by atoms with van der Waals surface area (Å²) in [5, 5.41) is 3.73. The van der Waals surface area contributed by atoms with Gasteiger partial charge in [0.25, 0.3) is 0 Å². The van der Waals surface area contributed by atoms with E-state index in [1.54, 1.807) is 6.07 Å². The number of anilines is 1. The maximum absolute atomic E-state index is 6.08. The molecule has 4 nitrogen and oxygen atoms in total. The van der Waals surface area contributed by atoms with Crippen LogP contribution in [0.5, 0.6) is 11.6 Å². The van der Waals surface area contributed by atoms with Crippen LogP contribution in [0.3, 0.4) is 0 Å². The Morgan fingerprint density at radius 2 is 2.05 bits per heavy atom. The molecule has 0 saturated carbocycles. The molecule has 0 aliphatic heterocycles. The van der Waals surface area contributed by atoms with Crippen molar-refractivity contribution < 1.29 is 4.74 Å². The first-order valence-electron chi connectivity index (χ1n) is 6.12. The highest BCUT2D eigenvalue weighted by molar-refractivity contribution is 6.31. The van der Waals surface area contributed by atoms with E-state index in [2.05, 4.69) is 22.2 Å². The Hall–Kier alpha value is -1.81. The van der Waals surface area contributed by atoms with Crippen LogP contribution in [-0.2, 0) is 6.42 Å². The number of aryl methyl sites for hydroxylation is 2. The molecule has 0 spiro atoms. The summed E-state index contributed by atoms with van der Waals surface area (Å²) in [5.41, 5.74) is 1.05. The molecule has 0 radical (unpaired) electrons. The lowest BCUT2D eigenvalue weighted by atomic mass is 10.1. The summed E-state index contributed by atoms with van der Waals surface area (Å²) in [6.07, 6.45) is 0.862. The Balaban J connectivity index is 2.28. The number of ether oxygens (including phenoxy) is 1. The van der Waals surface area contributed by atoms with Crippen LogP contribution in [0.1, 0.15) is 18.3 Å². The summed E-state index contributed by atoms with van der Waals surface area (Å²) in [6.45, 7) is 3.88. The molecule has 0 amide bonds. The molecule has 0 unspecified atom stereocenters. The van der Waals surface area contributed by atoms with Crippen LogP contribution in [0.2, 0.25) is 5.02 Å². The van der Waals surface area contributed by atoms with Crippen molar-refractivity contribution in [2.45, 2.75) is 20.3 Å². The minimum absolute atomic E-state index is 0.515. The second-order valence-corrected chi connectivity index (χ2v) is 4.50. The van der Waals surface area contributed by atoms with Crippen LogP contribution >= 0.6 is 11.6 Å². The average molecular weight is 278 g/mol. The van der Waals surface area contributed by atoms with Crippen molar-refractivity contribution in [3.05, 3.63) is 40.7 Å². The predicted molar refractivity (Wildman–Crippen MR) is 77.2 cm³/mol. The van der Waals surface area contributed by atoms with Crippen molar-refractivity contribution >= 4 is 17.4 Å². The van der Waals surface area contributed by atoms with Crippen LogP contribution in [0.4, 0.5) is 5.82 Å². The summed E-state index contributed by atoms with van der Waals surface area (Å²) >= 11 is 6.08. The lowest BCUT2D eigenvalue weighted by Gasteiger charge is -2.09. The van der Waals surface area contributed by atoms with E-state index in [1.807, 2.05) is 32.2 Å². The van der Waals surface area contributed by atoms with Gasteiger partial charge in [-0.2, -0.15) is 4.98 Å².